The predicted molar refractivity (Wildman–Crippen MR) is 93.1 cm³/mol. The Morgan fingerprint density at radius 2 is 1.96 bits per heavy atom. The molecule has 2 amide bonds. The van der Waals surface area contributed by atoms with Gasteiger partial charge in [0.15, 0.2) is 9.84 Å². The molecule has 0 bridgehead atoms. The number of aromatic nitrogens is 1. The molecular weight excluding hydrogens is 342 g/mol. The number of amides is 2. The number of carbonyl (C=O) groups excluding carboxylic acids is 2. The quantitative estimate of drug-likeness (QED) is 0.796. The SMILES string of the molecule is CN(C(=O)c1ccnc(C(=O)N2CCCCC2)c1)C1CCS(=O)(=O)C1. The van der Waals surface area contributed by atoms with Gasteiger partial charge in [-0.2, -0.15) is 0 Å². The van der Waals surface area contributed by atoms with Crippen molar-refractivity contribution in [3.8, 4) is 0 Å². The van der Waals surface area contributed by atoms with Gasteiger partial charge in [-0.05, 0) is 37.8 Å². The maximum Gasteiger partial charge on any atom is 0.272 e. The molecule has 0 aliphatic carbocycles. The van der Waals surface area contributed by atoms with Crippen LogP contribution in [-0.4, -0.2) is 72.7 Å². The fraction of sp³-hybridized carbons (Fsp3) is 0.588. The third-order valence-corrected chi connectivity index (χ3v) is 6.70. The first-order valence-corrected chi connectivity index (χ1v) is 10.4. The minimum absolute atomic E-state index is 0.000110. The van der Waals surface area contributed by atoms with Crippen molar-refractivity contribution in [1.29, 1.82) is 0 Å². The van der Waals surface area contributed by atoms with E-state index < -0.39 is 9.84 Å². The molecular formula is C17H23N3O4S. The lowest BCUT2D eigenvalue weighted by Crippen LogP contribution is -2.38. The zero-order valence-electron chi connectivity index (χ0n) is 14.3. The van der Waals surface area contributed by atoms with Crippen LogP contribution in [0.15, 0.2) is 18.3 Å². The van der Waals surface area contributed by atoms with Gasteiger partial charge in [-0.15, -0.1) is 0 Å². The first-order chi connectivity index (χ1) is 11.9. The monoisotopic (exact) mass is 365 g/mol. The van der Waals surface area contributed by atoms with Crippen LogP contribution in [0.1, 0.15) is 46.5 Å². The van der Waals surface area contributed by atoms with E-state index >= 15 is 0 Å². The molecule has 136 valence electrons. The Balaban J connectivity index is 1.74. The second-order valence-corrected chi connectivity index (χ2v) is 8.98. The second kappa shape index (κ2) is 7.11. The van der Waals surface area contributed by atoms with Crippen LogP contribution >= 0.6 is 0 Å². The molecule has 0 radical (unpaired) electrons. The number of nitrogens with zero attached hydrogens (tertiary/aromatic N) is 3. The molecule has 7 nitrogen and oxygen atoms in total. The second-order valence-electron chi connectivity index (χ2n) is 6.76. The fourth-order valence-electron chi connectivity index (χ4n) is 3.39. The van der Waals surface area contributed by atoms with Gasteiger partial charge in [-0.3, -0.25) is 14.6 Å². The lowest BCUT2D eigenvalue weighted by atomic mass is 10.1. The van der Waals surface area contributed by atoms with Gasteiger partial charge in [-0.1, -0.05) is 0 Å². The minimum atomic E-state index is -3.06. The summed E-state index contributed by atoms with van der Waals surface area (Å²) in [5.41, 5.74) is 0.627. The van der Waals surface area contributed by atoms with Gasteiger partial charge in [0.1, 0.15) is 5.69 Å². The highest BCUT2D eigenvalue weighted by atomic mass is 32.2. The smallest absolute Gasteiger partial charge is 0.272 e. The van der Waals surface area contributed by atoms with Crippen molar-refractivity contribution < 1.29 is 18.0 Å². The molecule has 0 spiro atoms. The highest BCUT2D eigenvalue weighted by molar-refractivity contribution is 7.91. The van der Waals surface area contributed by atoms with E-state index in [0.29, 0.717) is 12.0 Å². The Labute approximate surface area is 147 Å². The van der Waals surface area contributed by atoms with E-state index in [0.717, 1.165) is 32.4 Å². The van der Waals surface area contributed by atoms with Crippen LogP contribution in [0.25, 0.3) is 0 Å². The van der Waals surface area contributed by atoms with Crippen molar-refractivity contribution in [2.75, 3.05) is 31.6 Å². The molecule has 2 aliphatic rings. The molecule has 0 saturated carbocycles. The predicted octanol–water partition coefficient (Wildman–Crippen LogP) is 0.967. The number of sulfone groups is 1. The Kier molecular flexibility index (Phi) is 5.08. The molecule has 8 heteroatoms. The van der Waals surface area contributed by atoms with E-state index in [1.807, 2.05) is 0 Å². The average molecular weight is 365 g/mol. The first kappa shape index (κ1) is 17.8. The van der Waals surface area contributed by atoms with E-state index in [1.54, 1.807) is 18.0 Å². The Hall–Kier alpha value is -1.96. The lowest BCUT2D eigenvalue weighted by molar-refractivity contribution is 0.0718. The third-order valence-electron chi connectivity index (χ3n) is 4.95. The Morgan fingerprint density at radius 3 is 2.60 bits per heavy atom. The molecule has 0 aromatic carbocycles. The molecule has 2 saturated heterocycles. The molecule has 1 atom stereocenters. The molecule has 2 fully saturated rings. The van der Waals surface area contributed by atoms with Crippen LogP contribution in [0.5, 0.6) is 0 Å². The van der Waals surface area contributed by atoms with Crippen molar-refractivity contribution >= 4 is 21.7 Å². The maximum atomic E-state index is 12.7. The Morgan fingerprint density at radius 1 is 1.24 bits per heavy atom. The van der Waals surface area contributed by atoms with Gasteiger partial charge in [0, 0.05) is 37.9 Å². The number of hydrogen-bond donors (Lipinski definition) is 0. The lowest BCUT2D eigenvalue weighted by Gasteiger charge is -2.26. The van der Waals surface area contributed by atoms with Crippen LogP contribution in [0, 0.1) is 0 Å². The molecule has 25 heavy (non-hydrogen) atoms. The van der Waals surface area contributed by atoms with Crippen molar-refractivity contribution in [2.24, 2.45) is 0 Å². The van der Waals surface area contributed by atoms with Crippen molar-refractivity contribution in [3.05, 3.63) is 29.6 Å². The molecule has 2 aliphatic heterocycles. The van der Waals surface area contributed by atoms with Crippen LogP contribution in [0.3, 0.4) is 0 Å². The topological polar surface area (TPSA) is 87.7 Å². The van der Waals surface area contributed by atoms with Crippen molar-refractivity contribution in [3.63, 3.8) is 0 Å². The number of rotatable bonds is 3. The summed E-state index contributed by atoms with van der Waals surface area (Å²) in [6.07, 6.45) is 5.02. The minimum Gasteiger partial charge on any atom is -0.338 e. The van der Waals surface area contributed by atoms with E-state index in [-0.39, 0.29) is 35.1 Å². The summed E-state index contributed by atoms with van der Waals surface area (Å²) in [7, 11) is -1.45. The van der Waals surface area contributed by atoms with Gasteiger partial charge < -0.3 is 9.80 Å². The molecule has 3 heterocycles. The molecule has 1 aromatic rings. The van der Waals surface area contributed by atoms with Crippen molar-refractivity contribution in [2.45, 2.75) is 31.7 Å². The zero-order valence-corrected chi connectivity index (χ0v) is 15.2. The van der Waals surface area contributed by atoms with Crippen LogP contribution in [0.2, 0.25) is 0 Å². The summed E-state index contributed by atoms with van der Waals surface area (Å²) in [6, 6.07) is 2.76. The van der Waals surface area contributed by atoms with Crippen LogP contribution in [-0.2, 0) is 9.84 Å². The van der Waals surface area contributed by atoms with Gasteiger partial charge >= 0.3 is 0 Å². The highest BCUT2D eigenvalue weighted by Crippen LogP contribution is 2.19. The molecule has 3 rings (SSSR count). The average Bonchev–Trinajstić information content (AvgIpc) is 3.00. The van der Waals surface area contributed by atoms with E-state index in [1.165, 1.54) is 17.2 Å². The third kappa shape index (κ3) is 4.00. The number of hydrogen-bond acceptors (Lipinski definition) is 5. The summed E-state index contributed by atoms with van der Waals surface area (Å²) in [4.78, 5) is 32.6. The number of piperidine rings is 1. The molecule has 1 unspecified atom stereocenters. The van der Waals surface area contributed by atoms with Gasteiger partial charge in [0.2, 0.25) is 0 Å². The zero-order chi connectivity index (χ0) is 18.0. The maximum absolute atomic E-state index is 12.7. The van der Waals surface area contributed by atoms with Crippen LogP contribution in [0.4, 0.5) is 0 Å². The summed E-state index contributed by atoms with van der Waals surface area (Å²) in [5.74, 6) is -0.317. The van der Waals surface area contributed by atoms with Gasteiger partial charge in [0.05, 0.1) is 11.5 Å². The van der Waals surface area contributed by atoms with E-state index in [2.05, 4.69) is 4.98 Å². The highest BCUT2D eigenvalue weighted by Gasteiger charge is 2.33. The fourth-order valence-corrected chi connectivity index (χ4v) is 5.16. The van der Waals surface area contributed by atoms with Crippen molar-refractivity contribution in [1.82, 2.24) is 14.8 Å². The van der Waals surface area contributed by atoms with Gasteiger partial charge in [0.25, 0.3) is 11.8 Å². The molecule has 0 N–H and O–H groups in total. The number of likely N-dealkylation sites (tertiary alicyclic amines) is 1. The van der Waals surface area contributed by atoms with E-state index in [4.69, 9.17) is 0 Å². The van der Waals surface area contributed by atoms with Gasteiger partial charge in [-0.25, -0.2) is 8.42 Å². The normalized spacial score (nSPS) is 22.6. The van der Waals surface area contributed by atoms with E-state index in [9.17, 15) is 18.0 Å². The first-order valence-electron chi connectivity index (χ1n) is 8.60. The standard InChI is InChI=1S/C17H23N3O4S/c1-19(14-6-10-25(23,24)12-14)16(21)13-5-7-18-15(11-13)17(22)20-8-3-2-4-9-20/h5,7,11,14H,2-4,6,8-10,12H2,1H3. The summed E-state index contributed by atoms with van der Waals surface area (Å²) in [6.45, 7) is 1.44. The summed E-state index contributed by atoms with van der Waals surface area (Å²) in [5, 5.41) is 0. The largest absolute Gasteiger partial charge is 0.338 e. The molecule has 1 aromatic heterocycles. The summed E-state index contributed by atoms with van der Waals surface area (Å²) >= 11 is 0. The number of carbonyl (C=O) groups is 2. The summed E-state index contributed by atoms with van der Waals surface area (Å²) < 4.78 is 23.2. The van der Waals surface area contributed by atoms with Crippen LogP contribution < -0.4 is 0 Å². The Bertz CT molecular complexity index is 772. The number of pyridine rings is 1.